The van der Waals surface area contributed by atoms with Gasteiger partial charge >= 0.3 is 6.09 Å². The zero-order valence-electron chi connectivity index (χ0n) is 21.2. The van der Waals surface area contributed by atoms with Gasteiger partial charge in [0.05, 0.1) is 0 Å². The van der Waals surface area contributed by atoms with Crippen LogP contribution in [-0.4, -0.2) is 46.6 Å². The minimum atomic E-state index is -0.560. The van der Waals surface area contributed by atoms with Gasteiger partial charge in [-0.15, -0.1) is 0 Å². The molecule has 1 aliphatic rings. The summed E-state index contributed by atoms with van der Waals surface area (Å²) >= 11 is 0. The zero-order chi connectivity index (χ0) is 26.0. The fraction of sp³-hybridized carbons (Fsp3) is 0.429. The van der Waals surface area contributed by atoms with Crippen LogP contribution in [0.4, 0.5) is 13.6 Å². The molecule has 1 aromatic heterocycles. The largest absolute Gasteiger partial charge is 0.444 e. The topological polar surface area (TPSA) is 74.4 Å². The van der Waals surface area contributed by atoms with Gasteiger partial charge in [-0.2, -0.15) is 0 Å². The number of aromatic nitrogens is 1. The maximum atomic E-state index is 14.0. The Kier molecular flexibility index (Phi) is 7.33. The lowest BCUT2D eigenvalue weighted by atomic mass is 10.0. The van der Waals surface area contributed by atoms with Crippen molar-refractivity contribution in [3.63, 3.8) is 0 Å². The molecule has 1 heterocycles. The van der Waals surface area contributed by atoms with Gasteiger partial charge in [0.2, 0.25) is 5.91 Å². The molecule has 0 saturated heterocycles. The molecule has 2 N–H and O–H groups in total. The number of hydrogen-bond acceptors (Lipinski definition) is 3. The van der Waals surface area contributed by atoms with Crippen LogP contribution < -0.4 is 5.32 Å². The van der Waals surface area contributed by atoms with E-state index in [1.54, 1.807) is 30.1 Å². The van der Waals surface area contributed by atoms with Gasteiger partial charge < -0.3 is 19.9 Å². The van der Waals surface area contributed by atoms with Gasteiger partial charge in [0.25, 0.3) is 0 Å². The number of halogens is 2. The lowest BCUT2D eigenvalue weighted by molar-refractivity contribution is -0.121. The molecule has 0 spiro atoms. The Morgan fingerprint density at radius 2 is 1.78 bits per heavy atom. The average Bonchev–Trinajstić information content (AvgIpc) is 3.41. The first-order valence-electron chi connectivity index (χ1n) is 12.3. The minimum Gasteiger partial charge on any atom is -0.444 e. The summed E-state index contributed by atoms with van der Waals surface area (Å²) in [6.07, 6.45) is 2.50. The molecule has 0 bridgehead atoms. The van der Waals surface area contributed by atoms with Crippen molar-refractivity contribution < 1.29 is 23.1 Å². The lowest BCUT2D eigenvalue weighted by Crippen LogP contribution is -2.41. The van der Waals surface area contributed by atoms with Gasteiger partial charge in [-0.25, -0.2) is 13.6 Å². The van der Waals surface area contributed by atoms with Crippen LogP contribution >= 0.6 is 0 Å². The van der Waals surface area contributed by atoms with E-state index in [0.29, 0.717) is 18.2 Å². The maximum absolute atomic E-state index is 14.0. The van der Waals surface area contributed by atoms with Gasteiger partial charge in [0.1, 0.15) is 17.2 Å². The van der Waals surface area contributed by atoms with Crippen LogP contribution in [0.3, 0.4) is 0 Å². The van der Waals surface area contributed by atoms with Crippen molar-refractivity contribution in [2.75, 3.05) is 7.05 Å². The van der Waals surface area contributed by atoms with Crippen molar-refractivity contribution in [1.29, 1.82) is 0 Å². The first-order chi connectivity index (χ1) is 17.0. The summed E-state index contributed by atoms with van der Waals surface area (Å²) in [6, 6.07) is 10.6. The molecule has 8 heteroatoms. The standard InChI is InChI=1S/C28H33F2N3O3/c1-28(2,3)36-27(35)33(4)21-11-10-20(16-21)31-25(34)14-12-22-23-15-19(30)9-13-24(23)32-26(22)17-5-7-18(29)8-6-17/h5-9,13,15,20-21,32H,10-12,14,16H2,1-4H3,(H,31,34). The Morgan fingerprint density at radius 3 is 2.47 bits per heavy atom. The molecule has 0 radical (unpaired) electrons. The van der Waals surface area contributed by atoms with Gasteiger partial charge in [-0.05, 0) is 100 Å². The molecule has 3 aromatic rings. The molecule has 6 nitrogen and oxygen atoms in total. The first-order valence-corrected chi connectivity index (χ1v) is 12.3. The second kappa shape index (κ2) is 10.3. The summed E-state index contributed by atoms with van der Waals surface area (Å²) in [4.78, 5) is 30.1. The molecule has 1 saturated carbocycles. The average molecular weight is 498 g/mol. The molecule has 2 unspecified atom stereocenters. The second-order valence-electron chi connectivity index (χ2n) is 10.5. The number of H-pyrrole nitrogens is 1. The summed E-state index contributed by atoms with van der Waals surface area (Å²) in [7, 11) is 1.73. The molecule has 4 rings (SSSR count). The predicted molar refractivity (Wildman–Crippen MR) is 136 cm³/mol. The van der Waals surface area contributed by atoms with Crippen molar-refractivity contribution in [2.24, 2.45) is 0 Å². The van der Waals surface area contributed by atoms with Crippen LogP contribution in [0.25, 0.3) is 22.2 Å². The van der Waals surface area contributed by atoms with Crippen LogP contribution in [0.15, 0.2) is 42.5 Å². The van der Waals surface area contributed by atoms with Crippen LogP contribution in [-0.2, 0) is 16.0 Å². The van der Waals surface area contributed by atoms with Crippen LogP contribution in [0.1, 0.15) is 52.0 Å². The molecule has 0 aliphatic heterocycles. The Labute approximate surface area is 210 Å². The number of hydrogen-bond donors (Lipinski definition) is 2. The molecule has 2 aromatic carbocycles. The highest BCUT2D eigenvalue weighted by Gasteiger charge is 2.32. The summed E-state index contributed by atoms with van der Waals surface area (Å²) in [5, 5.41) is 3.80. The SMILES string of the molecule is CN(C(=O)OC(C)(C)C)C1CCC(NC(=O)CCc2c(-c3ccc(F)cc3)[nH]c3ccc(F)cc23)C1. The molecular weight excluding hydrogens is 464 g/mol. The van der Waals surface area contributed by atoms with Crippen molar-refractivity contribution in [3.05, 3.63) is 59.7 Å². The number of benzene rings is 2. The summed E-state index contributed by atoms with van der Waals surface area (Å²) < 4.78 is 32.9. The number of ether oxygens (including phenoxy) is 1. The number of nitrogens with one attached hydrogen (secondary N) is 2. The third-order valence-electron chi connectivity index (χ3n) is 6.60. The molecule has 1 fully saturated rings. The van der Waals surface area contributed by atoms with E-state index < -0.39 is 5.60 Å². The first kappa shape index (κ1) is 25.7. The molecule has 36 heavy (non-hydrogen) atoms. The quantitative estimate of drug-likeness (QED) is 0.442. The minimum absolute atomic E-state index is 0.00632. The fourth-order valence-corrected chi connectivity index (χ4v) is 4.80. The number of nitrogens with zero attached hydrogens (tertiary/aromatic N) is 1. The van der Waals surface area contributed by atoms with Gasteiger partial charge in [-0.3, -0.25) is 4.79 Å². The third kappa shape index (κ3) is 6.04. The number of carbonyl (C=O) groups is 2. The lowest BCUT2D eigenvalue weighted by Gasteiger charge is -2.28. The van der Waals surface area contributed by atoms with E-state index in [9.17, 15) is 18.4 Å². The number of carbonyl (C=O) groups excluding carboxylic acids is 2. The van der Waals surface area contributed by atoms with E-state index in [0.717, 1.165) is 35.2 Å². The fourth-order valence-electron chi connectivity index (χ4n) is 4.80. The normalized spacial score (nSPS) is 17.8. The van der Waals surface area contributed by atoms with Crippen LogP contribution in [0.2, 0.25) is 0 Å². The van der Waals surface area contributed by atoms with Gasteiger partial charge in [0, 0.05) is 42.1 Å². The summed E-state index contributed by atoms with van der Waals surface area (Å²) in [5.41, 5.74) is 2.54. The highest BCUT2D eigenvalue weighted by molar-refractivity contribution is 5.91. The van der Waals surface area contributed by atoms with Gasteiger partial charge in [0.15, 0.2) is 0 Å². The third-order valence-corrected chi connectivity index (χ3v) is 6.60. The van der Waals surface area contributed by atoms with Crippen molar-refractivity contribution in [2.45, 2.75) is 70.6 Å². The van der Waals surface area contributed by atoms with E-state index in [2.05, 4.69) is 10.3 Å². The smallest absolute Gasteiger partial charge is 0.410 e. The van der Waals surface area contributed by atoms with Crippen molar-refractivity contribution in [3.8, 4) is 11.3 Å². The number of amides is 2. The number of aryl methyl sites for hydroxylation is 1. The van der Waals surface area contributed by atoms with Crippen LogP contribution in [0.5, 0.6) is 0 Å². The van der Waals surface area contributed by atoms with Crippen LogP contribution in [0, 0.1) is 11.6 Å². The monoisotopic (exact) mass is 497 g/mol. The molecule has 2 atom stereocenters. The molecule has 1 aliphatic carbocycles. The summed E-state index contributed by atoms with van der Waals surface area (Å²) in [5.74, 6) is -0.797. The summed E-state index contributed by atoms with van der Waals surface area (Å²) in [6.45, 7) is 5.50. The Hall–Kier alpha value is -3.42. The molecular formula is C28H33F2N3O3. The zero-order valence-corrected chi connectivity index (χ0v) is 21.2. The number of aromatic amines is 1. The number of fused-ring (bicyclic) bond motifs is 1. The highest BCUT2D eigenvalue weighted by atomic mass is 19.1. The second-order valence-corrected chi connectivity index (χ2v) is 10.5. The molecule has 192 valence electrons. The van der Waals surface area contributed by atoms with E-state index in [4.69, 9.17) is 4.74 Å². The number of rotatable bonds is 6. The van der Waals surface area contributed by atoms with Crippen molar-refractivity contribution in [1.82, 2.24) is 15.2 Å². The van der Waals surface area contributed by atoms with Crippen molar-refractivity contribution >= 4 is 22.9 Å². The highest BCUT2D eigenvalue weighted by Crippen LogP contribution is 2.32. The Morgan fingerprint density at radius 1 is 1.08 bits per heavy atom. The van der Waals surface area contributed by atoms with E-state index >= 15 is 0 Å². The predicted octanol–water partition coefficient (Wildman–Crippen LogP) is 5.95. The van der Waals surface area contributed by atoms with E-state index in [1.807, 2.05) is 20.8 Å². The Bertz CT molecular complexity index is 1250. The van der Waals surface area contributed by atoms with E-state index in [-0.39, 0.29) is 42.1 Å². The van der Waals surface area contributed by atoms with E-state index in [1.165, 1.54) is 24.3 Å². The maximum Gasteiger partial charge on any atom is 0.410 e. The molecule has 2 amide bonds. The Balaban J connectivity index is 1.41. The van der Waals surface area contributed by atoms with Gasteiger partial charge in [-0.1, -0.05) is 0 Å².